The fourth-order valence-corrected chi connectivity index (χ4v) is 2.74. The number of carbonyl (C=O) groups excluding carboxylic acids is 1. The van der Waals surface area contributed by atoms with Crippen LogP contribution >= 0.6 is 0 Å². The lowest BCUT2D eigenvalue weighted by Crippen LogP contribution is -2.41. The number of carboxylic acid groups (broad SMARTS) is 1. The van der Waals surface area contributed by atoms with Gasteiger partial charge in [0, 0.05) is 6.42 Å². The van der Waals surface area contributed by atoms with E-state index < -0.39 is 38.7 Å². The van der Waals surface area contributed by atoms with Gasteiger partial charge in [-0.2, -0.15) is 4.72 Å². The second-order valence-electron chi connectivity index (χ2n) is 3.95. The van der Waals surface area contributed by atoms with Gasteiger partial charge >= 0.3 is 5.97 Å². The first-order valence-corrected chi connectivity index (χ1v) is 7.00. The van der Waals surface area contributed by atoms with Crippen molar-refractivity contribution in [2.45, 2.75) is 23.8 Å². The van der Waals surface area contributed by atoms with Gasteiger partial charge < -0.3 is 10.8 Å². The molecule has 1 rings (SSSR count). The number of aliphatic carboxylic acids is 1. The summed E-state index contributed by atoms with van der Waals surface area (Å²) in [5.74, 6) is -3.24. The number of nitrogens with one attached hydrogen (secondary N) is 1. The molecule has 0 aliphatic heterocycles. The molecule has 0 fully saturated rings. The molecule has 0 unspecified atom stereocenters. The van der Waals surface area contributed by atoms with Crippen LogP contribution in [0.5, 0.6) is 0 Å². The van der Waals surface area contributed by atoms with Crippen molar-refractivity contribution in [3.05, 3.63) is 30.1 Å². The second-order valence-corrected chi connectivity index (χ2v) is 5.63. The molecule has 110 valence electrons. The highest BCUT2D eigenvalue weighted by atomic mass is 32.2. The van der Waals surface area contributed by atoms with Gasteiger partial charge in [-0.25, -0.2) is 12.8 Å². The summed E-state index contributed by atoms with van der Waals surface area (Å²) in [6.45, 7) is 0. The van der Waals surface area contributed by atoms with Crippen LogP contribution in [0.4, 0.5) is 4.39 Å². The largest absolute Gasteiger partial charge is 0.480 e. The zero-order valence-electron chi connectivity index (χ0n) is 10.2. The van der Waals surface area contributed by atoms with Gasteiger partial charge in [0.05, 0.1) is 0 Å². The first-order valence-electron chi connectivity index (χ1n) is 5.52. The van der Waals surface area contributed by atoms with E-state index in [1.54, 1.807) is 0 Å². The molecule has 0 saturated carbocycles. The summed E-state index contributed by atoms with van der Waals surface area (Å²) in [7, 11) is -4.34. The number of amides is 1. The van der Waals surface area contributed by atoms with Crippen LogP contribution < -0.4 is 10.5 Å². The summed E-state index contributed by atoms with van der Waals surface area (Å²) in [6, 6.07) is 2.98. The van der Waals surface area contributed by atoms with Crippen molar-refractivity contribution in [2.75, 3.05) is 0 Å². The lowest BCUT2D eigenvalue weighted by molar-refractivity contribution is -0.139. The molecule has 0 aliphatic rings. The minimum absolute atomic E-state index is 0.309. The van der Waals surface area contributed by atoms with E-state index in [2.05, 4.69) is 0 Å². The number of nitrogens with two attached hydrogens (primary N) is 1. The zero-order chi connectivity index (χ0) is 15.3. The predicted octanol–water partition coefficient (Wildman–Crippen LogP) is -0.177. The standard InChI is InChI=1S/C11H13FN2O5S/c12-7-3-1-2-4-9(7)20(18,19)14-8(11(16)17)5-6-10(13)15/h1-4,8,14H,5-6H2,(H2,13,15)(H,16,17)/t8-/m0/s1. The van der Waals surface area contributed by atoms with E-state index in [-0.39, 0.29) is 12.8 Å². The van der Waals surface area contributed by atoms with Crippen molar-refractivity contribution in [2.24, 2.45) is 5.73 Å². The fraction of sp³-hybridized carbons (Fsp3) is 0.273. The Morgan fingerprint density at radius 1 is 1.35 bits per heavy atom. The Balaban J connectivity index is 2.95. The normalized spacial score (nSPS) is 12.8. The first-order chi connectivity index (χ1) is 9.24. The molecule has 0 saturated heterocycles. The van der Waals surface area contributed by atoms with Crippen molar-refractivity contribution in [3.8, 4) is 0 Å². The summed E-state index contributed by atoms with van der Waals surface area (Å²) in [6.07, 6.45) is -0.630. The molecule has 0 radical (unpaired) electrons. The zero-order valence-corrected chi connectivity index (χ0v) is 11.1. The minimum Gasteiger partial charge on any atom is -0.480 e. The van der Waals surface area contributed by atoms with Gasteiger partial charge in [0.2, 0.25) is 15.9 Å². The fourth-order valence-electron chi connectivity index (χ4n) is 1.43. The SMILES string of the molecule is NC(=O)CC[C@H](NS(=O)(=O)c1ccccc1F)C(=O)O. The molecule has 0 aromatic heterocycles. The number of benzene rings is 1. The Morgan fingerprint density at radius 2 is 1.95 bits per heavy atom. The highest BCUT2D eigenvalue weighted by Gasteiger charge is 2.27. The van der Waals surface area contributed by atoms with E-state index in [4.69, 9.17) is 10.8 Å². The van der Waals surface area contributed by atoms with E-state index in [1.807, 2.05) is 4.72 Å². The highest BCUT2D eigenvalue weighted by molar-refractivity contribution is 7.89. The first kappa shape index (κ1) is 16.1. The van der Waals surface area contributed by atoms with E-state index in [1.165, 1.54) is 12.1 Å². The molecule has 1 atom stereocenters. The minimum atomic E-state index is -4.34. The van der Waals surface area contributed by atoms with Crippen molar-refractivity contribution >= 4 is 21.9 Å². The summed E-state index contributed by atoms with van der Waals surface area (Å²) >= 11 is 0. The number of sulfonamides is 1. The molecule has 9 heteroatoms. The van der Waals surface area contributed by atoms with Gasteiger partial charge in [-0.3, -0.25) is 9.59 Å². The summed E-state index contributed by atoms with van der Waals surface area (Å²) < 4.78 is 39.0. The molecule has 0 bridgehead atoms. The number of hydrogen-bond donors (Lipinski definition) is 3. The van der Waals surface area contributed by atoms with Crippen molar-refractivity contribution < 1.29 is 27.5 Å². The van der Waals surface area contributed by atoms with Crippen LogP contribution in [-0.4, -0.2) is 31.4 Å². The van der Waals surface area contributed by atoms with E-state index in [9.17, 15) is 22.4 Å². The predicted molar refractivity (Wildman–Crippen MR) is 66.6 cm³/mol. The van der Waals surface area contributed by atoms with Crippen LogP contribution in [0.1, 0.15) is 12.8 Å². The van der Waals surface area contributed by atoms with Gasteiger partial charge in [0.15, 0.2) is 0 Å². The maximum Gasteiger partial charge on any atom is 0.321 e. The average Bonchev–Trinajstić information content (AvgIpc) is 2.34. The Morgan fingerprint density at radius 3 is 2.45 bits per heavy atom. The topological polar surface area (TPSA) is 127 Å². The molecule has 0 heterocycles. The Hall–Kier alpha value is -2.00. The van der Waals surface area contributed by atoms with E-state index in [0.717, 1.165) is 12.1 Å². The summed E-state index contributed by atoms with van der Waals surface area (Å²) in [5, 5.41) is 8.89. The molecule has 1 aromatic carbocycles. The molecule has 0 aliphatic carbocycles. The van der Waals surface area contributed by atoms with Crippen LogP contribution in [0.15, 0.2) is 29.2 Å². The molecule has 1 amide bonds. The number of carbonyl (C=O) groups is 2. The van der Waals surface area contributed by atoms with Crippen LogP contribution in [0.25, 0.3) is 0 Å². The number of rotatable bonds is 7. The van der Waals surface area contributed by atoms with Crippen LogP contribution in [-0.2, 0) is 19.6 Å². The van der Waals surface area contributed by atoms with Crippen molar-refractivity contribution in [1.82, 2.24) is 4.72 Å². The smallest absolute Gasteiger partial charge is 0.321 e. The third-order valence-corrected chi connectivity index (χ3v) is 3.91. The van der Waals surface area contributed by atoms with Gasteiger partial charge in [-0.15, -0.1) is 0 Å². The molecule has 4 N–H and O–H groups in total. The molecule has 0 spiro atoms. The highest BCUT2D eigenvalue weighted by Crippen LogP contribution is 2.14. The monoisotopic (exact) mass is 304 g/mol. The lowest BCUT2D eigenvalue weighted by Gasteiger charge is -2.14. The van der Waals surface area contributed by atoms with Crippen LogP contribution in [0.2, 0.25) is 0 Å². The van der Waals surface area contributed by atoms with E-state index in [0.29, 0.717) is 0 Å². The number of halogens is 1. The summed E-state index contributed by atoms with van der Waals surface area (Å²) in [5.41, 5.74) is 4.87. The quantitative estimate of drug-likeness (QED) is 0.644. The number of hydrogen-bond acceptors (Lipinski definition) is 4. The maximum atomic E-state index is 13.4. The Bertz CT molecular complexity index is 617. The van der Waals surface area contributed by atoms with E-state index >= 15 is 0 Å². The van der Waals surface area contributed by atoms with Gasteiger partial charge in [0.25, 0.3) is 0 Å². The third kappa shape index (κ3) is 4.28. The molecular formula is C11H13FN2O5S. The Labute approximate surface area is 114 Å². The van der Waals surface area contributed by atoms with Gasteiger partial charge in [0.1, 0.15) is 16.8 Å². The number of primary amides is 1. The molecular weight excluding hydrogens is 291 g/mol. The lowest BCUT2D eigenvalue weighted by atomic mass is 10.2. The third-order valence-electron chi connectivity index (χ3n) is 2.40. The molecule has 20 heavy (non-hydrogen) atoms. The molecule has 7 nitrogen and oxygen atoms in total. The van der Waals surface area contributed by atoms with Crippen LogP contribution in [0.3, 0.4) is 0 Å². The average molecular weight is 304 g/mol. The molecule has 1 aromatic rings. The Kier molecular flexibility index (Phi) is 5.17. The van der Waals surface area contributed by atoms with Gasteiger partial charge in [-0.05, 0) is 18.6 Å². The van der Waals surface area contributed by atoms with Crippen molar-refractivity contribution in [3.63, 3.8) is 0 Å². The van der Waals surface area contributed by atoms with Crippen molar-refractivity contribution in [1.29, 1.82) is 0 Å². The number of carboxylic acids is 1. The van der Waals surface area contributed by atoms with Crippen LogP contribution in [0, 0.1) is 5.82 Å². The second kappa shape index (κ2) is 6.44. The summed E-state index contributed by atoms with van der Waals surface area (Å²) in [4.78, 5) is 20.9. The van der Waals surface area contributed by atoms with Gasteiger partial charge in [-0.1, -0.05) is 12.1 Å². The maximum absolute atomic E-state index is 13.4.